The van der Waals surface area contributed by atoms with Crippen LogP contribution in [0.1, 0.15) is 25.7 Å². The molecule has 1 N–H and O–H groups in total. The molecule has 0 spiro atoms. The molecule has 0 saturated carbocycles. The number of carbonyl (C=O) groups is 1. The van der Waals surface area contributed by atoms with Gasteiger partial charge in [-0.1, -0.05) is 6.42 Å². The fraction of sp³-hybridized carbons (Fsp3) is 0.950. The highest BCUT2D eigenvalue weighted by Crippen LogP contribution is 2.11. The van der Waals surface area contributed by atoms with E-state index in [9.17, 15) is 9.90 Å². The van der Waals surface area contributed by atoms with Gasteiger partial charge in [-0.25, -0.2) is 0 Å². The van der Waals surface area contributed by atoms with Gasteiger partial charge in [-0.05, 0) is 33.0 Å². The number of likely N-dealkylation sites (N-methyl/N-ethyl adjacent to an activating group) is 1. The second-order valence-corrected chi connectivity index (χ2v) is 8.59. The first-order valence-electron chi connectivity index (χ1n) is 10.9. The summed E-state index contributed by atoms with van der Waals surface area (Å²) in [6.07, 6.45) is 4.26. The molecule has 3 heterocycles. The van der Waals surface area contributed by atoms with Gasteiger partial charge in [0.15, 0.2) is 0 Å². The molecular formula is C20H39N5O2. The zero-order valence-electron chi connectivity index (χ0n) is 17.2. The summed E-state index contributed by atoms with van der Waals surface area (Å²) in [5.74, 6) is 0.304. The predicted octanol–water partition coefficient (Wildman–Crippen LogP) is -0.385. The number of likely N-dealkylation sites (tertiary alicyclic amines) is 1. The molecule has 0 aromatic heterocycles. The summed E-state index contributed by atoms with van der Waals surface area (Å²) in [5, 5.41) is 10.4. The van der Waals surface area contributed by atoms with Crippen LogP contribution in [0.25, 0.3) is 0 Å². The minimum Gasteiger partial charge on any atom is -0.390 e. The molecule has 0 aromatic rings. The standard InChI is InChI=1S/C20H39N5O2/c1-21-9-11-23(12-10-21)17-19(26)18-24-13-15-25(16-14-24)20(27)5-8-22-6-3-2-4-7-22/h19,26H,2-18H2,1H3. The van der Waals surface area contributed by atoms with Crippen LogP contribution >= 0.6 is 0 Å². The Balaban J connectivity index is 1.29. The van der Waals surface area contributed by atoms with Crippen molar-refractivity contribution >= 4 is 5.91 Å². The topological polar surface area (TPSA) is 53.5 Å². The quantitative estimate of drug-likeness (QED) is 0.649. The maximum Gasteiger partial charge on any atom is 0.223 e. The lowest BCUT2D eigenvalue weighted by atomic mass is 10.1. The first-order chi connectivity index (χ1) is 13.1. The Morgan fingerprint density at radius 2 is 1.33 bits per heavy atom. The average Bonchev–Trinajstić information content (AvgIpc) is 2.69. The monoisotopic (exact) mass is 381 g/mol. The molecule has 0 radical (unpaired) electrons. The molecule has 27 heavy (non-hydrogen) atoms. The van der Waals surface area contributed by atoms with Gasteiger partial charge in [-0.2, -0.15) is 0 Å². The maximum atomic E-state index is 12.5. The van der Waals surface area contributed by atoms with Crippen molar-refractivity contribution in [3.8, 4) is 0 Å². The summed E-state index contributed by atoms with van der Waals surface area (Å²) in [4.78, 5) is 24.0. The Kier molecular flexibility index (Phi) is 8.33. The molecule has 156 valence electrons. The third-order valence-electron chi connectivity index (χ3n) is 6.35. The molecule has 0 bridgehead atoms. The van der Waals surface area contributed by atoms with Crippen LogP contribution in [0.3, 0.4) is 0 Å². The Hall–Kier alpha value is -0.730. The summed E-state index contributed by atoms with van der Waals surface area (Å²) in [5.41, 5.74) is 0. The Morgan fingerprint density at radius 1 is 0.778 bits per heavy atom. The van der Waals surface area contributed by atoms with Crippen molar-refractivity contribution in [2.45, 2.75) is 31.8 Å². The number of aliphatic hydroxyl groups excluding tert-OH is 1. The minimum atomic E-state index is -0.297. The lowest BCUT2D eigenvalue weighted by molar-refractivity contribution is -0.133. The minimum absolute atomic E-state index is 0.297. The van der Waals surface area contributed by atoms with Crippen molar-refractivity contribution in [2.24, 2.45) is 0 Å². The van der Waals surface area contributed by atoms with Gasteiger partial charge in [-0.15, -0.1) is 0 Å². The van der Waals surface area contributed by atoms with E-state index in [4.69, 9.17) is 0 Å². The Labute approximate surface area is 164 Å². The summed E-state index contributed by atoms with van der Waals surface area (Å²) in [7, 11) is 2.15. The molecule has 1 amide bonds. The molecule has 0 aromatic carbocycles. The molecular weight excluding hydrogens is 342 g/mol. The number of aliphatic hydroxyl groups is 1. The van der Waals surface area contributed by atoms with E-state index in [0.717, 1.165) is 85.1 Å². The van der Waals surface area contributed by atoms with E-state index >= 15 is 0 Å². The zero-order chi connectivity index (χ0) is 19.1. The van der Waals surface area contributed by atoms with Crippen LogP contribution < -0.4 is 0 Å². The molecule has 7 heteroatoms. The number of carbonyl (C=O) groups excluding carboxylic acids is 1. The highest BCUT2D eigenvalue weighted by atomic mass is 16.3. The van der Waals surface area contributed by atoms with Gasteiger partial charge in [0, 0.05) is 78.4 Å². The second-order valence-electron chi connectivity index (χ2n) is 8.59. The fourth-order valence-electron chi connectivity index (χ4n) is 4.46. The van der Waals surface area contributed by atoms with Crippen LogP contribution in [-0.2, 0) is 4.79 Å². The molecule has 3 fully saturated rings. The van der Waals surface area contributed by atoms with Crippen LogP contribution in [0.2, 0.25) is 0 Å². The van der Waals surface area contributed by atoms with E-state index in [1.807, 2.05) is 4.90 Å². The third-order valence-corrected chi connectivity index (χ3v) is 6.35. The number of hydrogen-bond acceptors (Lipinski definition) is 6. The SMILES string of the molecule is CN1CCN(CC(O)CN2CCN(C(=O)CCN3CCCCC3)CC2)CC1. The fourth-order valence-corrected chi connectivity index (χ4v) is 4.46. The number of nitrogens with zero attached hydrogens (tertiary/aromatic N) is 5. The Morgan fingerprint density at radius 3 is 1.93 bits per heavy atom. The lowest BCUT2D eigenvalue weighted by Gasteiger charge is -2.38. The van der Waals surface area contributed by atoms with E-state index in [2.05, 4.69) is 26.6 Å². The number of piperazine rings is 2. The summed E-state index contributed by atoms with van der Waals surface area (Å²) < 4.78 is 0. The summed E-state index contributed by atoms with van der Waals surface area (Å²) in [6.45, 7) is 12.4. The second kappa shape index (κ2) is 10.7. The molecule has 3 aliphatic heterocycles. The van der Waals surface area contributed by atoms with Crippen LogP contribution in [0.15, 0.2) is 0 Å². The van der Waals surface area contributed by atoms with Gasteiger partial charge in [0.1, 0.15) is 0 Å². The van der Waals surface area contributed by atoms with Crippen LogP contribution in [0.4, 0.5) is 0 Å². The third kappa shape index (κ3) is 6.98. The number of hydrogen-bond donors (Lipinski definition) is 1. The number of β-amino-alcohol motifs (C(OH)–C–C–N with tert-alkyl or cyclic N) is 1. The van der Waals surface area contributed by atoms with Gasteiger partial charge < -0.3 is 19.8 Å². The van der Waals surface area contributed by atoms with Crippen molar-refractivity contribution in [3.05, 3.63) is 0 Å². The van der Waals surface area contributed by atoms with E-state index in [0.29, 0.717) is 12.3 Å². The van der Waals surface area contributed by atoms with Gasteiger partial charge in [0.2, 0.25) is 5.91 Å². The van der Waals surface area contributed by atoms with Crippen molar-refractivity contribution in [1.82, 2.24) is 24.5 Å². The normalized spacial score (nSPS) is 25.6. The highest BCUT2D eigenvalue weighted by molar-refractivity contribution is 5.76. The average molecular weight is 382 g/mol. The summed E-state index contributed by atoms with van der Waals surface area (Å²) in [6, 6.07) is 0. The van der Waals surface area contributed by atoms with Gasteiger partial charge in [-0.3, -0.25) is 14.6 Å². The maximum absolute atomic E-state index is 12.5. The van der Waals surface area contributed by atoms with E-state index in [-0.39, 0.29) is 6.10 Å². The van der Waals surface area contributed by atoms with E-state index in [1.54, 1.807) is 0 Å². The number of amides is 1. The smallest absolute Gasteiger partial charge is 0.223 e. The van der Waals surface area contributed by atoms with Crippen molar-refractivity contribution in [1.29, 1.82) is 0 Å². The molecule has 3 aliphatic rings. The number of piperidine rings is 1. The number of rotatable bonds is 7. The molecule has 3 rings (SSSR count). The Bertz CT molecular complexity index is 442. The van der Waals surface area contributed by atoms with Gasteiger partial charge in [0.25, 0.3) is 0 Å². The highest BCUT2D eigenvalue weighted by Gasteiger charge is 2.24. The van der Waals surface area contributed by atoms with E-state index < -0.39 is 0 Å². The van der Waals surface area contributed by atoms with Crippen LogP contribution in [0, 0.1) is 0 Å². The van der Waals surface area contributed by atoms with Crippen molar-refractivity contribution < 1.29 is 9.90 Å². The largest absolute Gasteiger partial charge is 0.390 e. The summed E-state index contributed by atoms with van der Waals surface area (Å²) >= 11 is 0. The van der Waals surface area contributed by atoms with Crippen molar-refractivity contribution in [2.75, 3.05) is 92.1 Å². The predicted molar refractivity (Wildman–Crippen MR) is 108 cm³/mol. The molecule has 3 saturated heterocycles. The molecule has 7 nitrogen and oxygen atoms in total. The molecule has 1 unspecified atom stereocenters. The zero-order valence-corrected chi connectivity index (χ0v) is 17.2. The van der Waals surface area contributed by atoms with Gasteiger partial charge >= 0.3 is 0 Å². The van der Waals surface area contributed by atoms with Crippen LogP contribution in [0.5, 0.6) is 0 Å². The first-order valence-corrected chi connectivity index (χ1v) is 10.9. The molecule has 0 aliphatic carbocycles. The van der Waals surface area contributed by atoms with Crippen molar-refractivity contribution in [3.63, 3.8) is 0 Å². The van der Waals surface area contributed by atoms with Gasteiger partial charge in [0.05, 0.1) is 6.10 Å². The van der Waals surface area contributed by atoms with Crippen LogP contribution in [-0.4, -0.2) is 134 Å². The van der Waals surface area contributed by atoms with E-state index in [1.165, 1.54) is 19.3 Å². The first kappa shape index (κ1) is 21.0. The lowest BCUT2D eigenvalue weighted by Crippen LogP contribution is -2.53. The molecule has 1 atom stereocenters.